The van der Waals surface area contributed by atoms with E-state index in [9.17, 15) is 13.2 Å². The van der Waals surface area contributed by atoms with Crippen molar-refractivity contribution in [3.05, 3.63) is 88.2 Å². The first kappa shape index (κ1) is 21.0. The fraction of sp³-hybridized carbons (Fsp3) is 0.130. The van der Waals surface area contributed by atoms with E-state index in [-0.39, 0.29) is 10.8 Å². The van der Waals surface area contributed by atoms with Gasteiger partial charge in [-0.25, -0.2) is 8.42 Å². The fourth-order valence-electron chi connectivity index (χ4n) is 3.43. The summed E-state index contributed by atoms with van der Waals surface area (Å²) in [6.45, 7) is 4.09. The lowest BCUT2D eigenvalue weighted by molar-refractivity contribution is 0.0998. The van der Waals surface area contributed by atoms with Crippen LogP contribution in [0.2, 0.25) is 0 Å². The third-order valence-electron chi connectivity index (χ3n) is 4.87. The van der Waals surface area contributed by atoms with Crippen molar-refractivity contribution in [1.29, 1.82) is 0 Å². The molecule has 1 heterocycles. The Hall–Kier alpha value is -3.23. The van der Waals surface area contributed by atoms with Gasteiger partial charge in [0.05, 0.1) is 15.1 Å². The maximum Gasteiger partial charge on any atom is 0.279 e. The van der Waals surface area contributed by atoms with Crippen LogP contribution in [0.15, 0.2) is 76.6 Å². The highest BCUT2D eigenvalue weighted by molar-refractivity contribution is 7.92. The molecule has 0 aliphatic carbocycles. The van der Waals surface area contributed by atoms with Crippen LogP contribution in [0.25, 0.3) is 10.2 Å². The van der Waals surface area contributed by atoms with Gasteiger partial charge >= 0.3 is 0 Å². The van der Waals surface area contributed by atoms with Crippen molar-refractivity contribution >= 4 is 43.2 Å². The Morgan fingerprint density at radius 2 is 1.68 bits per heavy atom. The number of hydrogen-bond donors (Lipinski definition) is 1. The first-order chi connectivity index (χ1) is 14.7. The molecular formula is C23H21N3O3S2. The molecule has 0 saturated carbocycles. The number of anilines is 1. The lowest BCUT2D eigenvalue weighted by Crippen LogP contribution is -2.14. The molecule has 31 heavy (non-hydrogen) atoms. The van der Waals surface area contributed by atoms with E-state index in [2.05, 4.69) is 21.8 Å². The Bertz CT molecular complexity index is 1450. The zero-order valence-corrected chi connectivity index (χ0v) is 18.9. The Morgan fingerprint density at radius 1 is 1.00 bits per heavy atom. The fourth-order valence-corrected chi connectivity index (χ4v) is 5.71. The van der Waals surface area contributed by atoms with Gasteiger partial charge in [-0.05, 0) is 67.4 Å². The second kappa shape index (κ2) is 8.13. The highest BCUT2D eigenvalue weighted by atomic mass is 32.2. The molecule has 158 valence electrons. The summed E-state index contributed by atoms with van der Waals surface area (Å²) in [6.07, 6.45) is 0. The van der Waals surface area contributed by atoms with Gasteiger partial charge in [0.15, 0.2) is 4.80 Å². The number of amides is 1. The minimum Gasteiger partial charge on any atom is -0.319 e. The van der Waals surface area contributed by atoms with Crippen LogP contribution in [0.3, 0.4) is 0 Å². The Morgan fingerprint density at radius 3 is 2.35 bits per heavy atom. The van der Waals surface area contributed by atoms with Crippen molar-refractivity contribution < 1.29 is 13.2 Å². The largest absolute Gasteiger partial charge is 0.319 e. The van der Waals surface area contributed by atoms with Gasteiger partial charge in [0.1, 0.15) is 0 Å². The Labute approximate surface area is 184 Å². The van der Waals surface area contributed by atoms with Crippen LogP contribution >= 0.6 is 11.3 Å². The van der Waals surface area contributed by atoms with E-state index in [1.54, 1.807) is 42.5 Å². The zero-order valence-electron chi connectivity index (χ0n) is 17.3. The summed E-state index contributed by atoms with van der Waals surface area (Å²) in [5.41, 5.74) is 4.12. The quantitative estimate of drug-likeness (QED) is 0.499. The number of carbonyl (C=O) groups excluding carboxylic acids is 1. The van der Waals surface area contributed by atoms with E-state index < -0.39 is 10.0 Å². The molecule has 1 amide bonds. The van der Waals surface area contributed by atoms with Crippen molar-refractivity contribution in [2.75, 3.05) is 4.72 Å². The molecule has 0 spiro atoms. The molecule has 0 radical (unpaired) electrons. The normalized spacial score (nSPS) is 12.3. The number of benzene rings is 3. The monoisotopic (exact) mass is 451 g/mol. The van der Waals surface area contributed by atoms with Crippen LogP contribution in [0, 0.1) is 13.8 Å². The van der Waals surface area contributed by atoms with Gasteiger partial charge in [0.25, 0.3) is 15.9 Å². The van der Waals surface area contributed by atoms with Crippen LogP contribution in [-0.2, 0) is 17.1 Å². The van der Waals surface area contributed by atoms with Gasteiger partial charge in [0.2, 0.25) is 0 Å². The molecule has 0 aliphatic rings. The zero-order chi connectivity index (χ0) is 22.2. The second-order valence-electron chi connectivity index (χ2n) is 7.29. The third-order valence-corrected chi connectivity index (χ3v) is 7.34. The van der Waals surface area contributed by atoms with Crippen LogP contribution in [0.1, 0.15) is 21.5 Å². The summed E-state index contributed by atoms with van der Waals surface area (Å²) < 4.78 is 30.4. The molecule has 0 unspecified atom stereocenters. The van der Waals surface area contributed by atoms with Gasteiger partial charge in [0, 0.05) is 18.3 Å². The van der Waals surface area contributed by atoms with Crippen LogP contribution in [0.4, 0.5) is 5.69 Å². The first-order valence-electron chi connectivity index (χ1n) is 9.58. The molecule has 1 aromatic heterocycles. The topological polar surface area (TPSA) is 80.5 Å². The number of rotatable bonds is 4. The van der Waals surface area contributed by atoms with E-state index >= 15 is 0 Å². The summed E-state index contributed by atoms with van der Waals surface area (Å²) in [4.78, 5) is 17.8. The molecule has 0 bridgehead atoms. The van der Waals surface area contributed by atoms with Gasteiger partial charge in [-0.15, -0.1) is 0 Å². The Kier molecular flexibility index (Phi) is 5.51. The molecular weight excluding hydrogens is 430 g/mol. The van der Waals surface area contributed by atoms with Crippen molar-refractivity contribution in [2.24, 2.45) is 12.0 Å². The minimum absolute atomic E-state index is 0.174. The van der Waals surface area contributed by atoms with Crippen LogP contribution < -0.4 is 9.52 Å². The molecule has 8 heteroatoms. The number of sulfonamides is 1. The predicted octanol–water partition coefficient (Wildman–Crippen LogP) is 4.40. The van der Waals surface area contributed by atoms with Crippen molar-refractivity contribution in [3.8, 4) is 0 Å². The first-order valence-corrected chi connectivity index (χ1v) is 11.9. The highest BCUT2D eigenvalue weighted by Crippen LogP contribution is 2.22. The number of fused-ring (bicyclic) bond motifs is 1. The van der Waals surface area contributed by atoms with Crippen molar-refractivity contribution in [3.63, 3.8) is 0 Å². The third kappa shape index (κ3) is 4.30. The number of thiazole rings is 1. The summed E-state index contributed by atoms with van der Waals surface area (Å²) in [6, 6.07) is 18.6. The maximum atomic E-state index is 12.7. The molecule has 0 fully saturated rings. The minimum atomic E-state index is -3.68. The molecule has 4 rings (SSSR count). The summed E-state index contributed by atoms with van der Waals surface area (Å²) in [5, 5.41) is 0. The standard InChI is InChI=1S/C23H21N3O3S2/c1-15-13-16(2)21-20(14-15)30-23(26(21)3)24-22(27)17-9-11-18(12-10-17)25-31(28,29)19-7-5-4-6-8-19/h4-14,25H,1-3H3. The predicted molar refractivity (Wildman–Crippen MR) is 124 cm³/mol. The van der Waals surface area contributed by atoms with Crippen molar-refractivity contribution in [2.45, 2.75) is 18.7 Å². The smallest absolute Gasteiger partial charge is 0.279 e. The summed E-state index contributed by atoms with van der Waals surface area (Å²) in [7, 11) is -1.79. The van der Waals surface area contributed by atoms with Gasteiger partial charge in [-0.2, -0.15) is 4.99 Å². The molecule has 3 aromatic carbocycles. The molecule has 4 aromatic rings. The van der Waals surface area contributed by atoms with E-state index in [0.717, 1.165) is 15.8 Å². The number of hydrogen-bond acceptors (Lipinski definition) is 4. The number of aryl methyl sites for hydroxylation is 3. The number of aromatic nitrogens is 1. The molecule has 6 nitrogen and oxygen atoms in total. The molecule has 0 atom stereocenters. The van der Waals surface area contributed by atoms with Crippen LogP contribution in [-0.4, -0.2) is 18.9 Å². The van der Waals surface area contributed by atoms with E-state index in [4.69, 9.17) is 0 Å². The molecule has 0 aliphatic heterocycles. The molecule has 0 saturated heterocycles. The van der Waals surface area contributed by atoms with Gasteiger partial charge in [-0.3, -0.25) is 9.52 Å². The summed E-state index contributed by atoms with van der Waals surface area (Å²) >= 11 is 1.47. The van der Waals surface area contributed by atoms with Gasteiger partial charge < -0.3 is 4.57 Å². The SMILES string of the molecule is Cc1cc(C)c2c(c1)sc(=NC(=O)c1ccc(NS(=O)(=O)c3ccccc3)cc1)n2C. The maximum absolute atomic E-state index is 12.7. The van der Waals surface area contributed by atoms with E-state index in [1.807, 2.05) is 25.5 Å². The highest BCUT2D eigenvalue weighted by Gasteiger charge is 2.14. The number of nitrogens with zero attached hydrogens (tertiary/aromatic N) is 2. The number of nitrogens with one attached hydrogen (secondary N) is 1. The van der Waals surface area contributed by atoms with Crippen LogP contribution in [0.5, 0.6) is 0 Å². The lowest BCUT2D eigenvalue weighted by atomic mass is 10.1. The summed E-state index contributed by atoms with van der Waals surface area (Å²) in [5.74, 6) is -0.381. The Balaban J connectivity index is 1.60. The van der Waals surface area contributed by atoms with Gasteiger partial charge in [-0.1, -0.05) is 35.6 Å². The molecule has 1 N–H and O–H groups in total. The average molecular weight is 452 g/mol. The lowest BCUT2D eigenvalue weighted by Gasteiger charge is -2.08. The average Bonchev–Trinajstić information content (AvgIpc) is 3.04. The van der Waals surface area contributed by atoms with E-state index in [1.165, 1.54) is 29.0 Å². The number of carbonyl (C=O) groups is 1. The van der Waals surface area contributed by atoms with Crippen molar-refractivity contribution in [1.82, 2.24) is 4.57 Å². The van der Waals surface area contributed by atoms with E-state index in [0.29, 0.717) is 16.1 Å². The second-order valence-corrected chi connectivity index (χ2v) is 9.98.